The largest absolute Gasteiger partial charge is 0.367 e. The summed E-state index contributed by atoms with van der Waals surface area (Å²) in [5.41, 5.74) is 5.90. The summed E-state index contributed by atoms with van der Waals surface area (Å²) in [5, 5.41) is 12.2. The van der Waals surface area contributed by atoms with Crippen LogP contribution in [0.1, 0.15) is 30.5 Å². The fraction of sp³-hybridized carbons (Fsp3) is 0.310. The van der Waals surface area contributed by atoms with Crippen molar-refractivity contribution in [2.24, 2.45) is 0 Å². The Labute approximate surface area is 216 Å². The predicted octanol–water partition coefficient (Wildman–Crippen LogP) is 3.98. The lowest BCUT2D eigenvalue weighted by Crippen LogP contribution is -2.50. The molecule has 2 aliphatic heterocycles. The Morgan fingerprint density at radius 2 is 1.89 bits per heavy atom. The second kappa shape index (κ2) is 10.5. The van der Waals surface area contributed by atoms with Crippen LogP contribution in [0.5, 0.6) is 0 Å². The van der Waals surface area contributed by atoms with E-state index < -0.39 is 0 Å². The Balaban J connectivity index is 1.33. The number of carbonyl (C=O) groups excluding carboxylic acids is 1. The fourth-order valence-electron chi connectivity index (χ4n) is 5.38. The highest BCUT2D eigenvalue weighted by Gasteiger charge is 2.28. The van der Waals surface area contributed by atoms with Crippen LogP contribution in [-0.2, 0) is 4.79 Å². The molecule has 3 aromatic heterocycles. The van der Waals surface area contributed by atoms with Gasteiger partial charge in [-0.2, -0.15) is 5.10 Å². The van der Waals surface area contributed by atoms with Gasteiger partial charge in [-0.1, -0.05) is 42.5 Å². The normalized spacial score (nSPS) is 18.2. The summed E-state index contributed by atoms with van der Waals surface area (Å²) < 4.78 is 0. The van der Waals surface area contributed by atoms with Gasteiger partial charge < -0.3 is 15.1 Å². The van der Waals surface area contributed by atoms with Gasteiger partial charge in [0.05, 0.1) is 16.8 Å². The molecule has 1 atom stereocenters. The molecule has 8 heteroatoms. The molecule has 0 spiro atoms. The van der Waals surface area contributed by atoms with Crippen molar-refractivity contribution < 1.29 is 4.79 Å². The van der Waals surface area contributed by atoms with Gasteiger partial charge in [0, 0.05) is 62.8 Å². The van der Waals surface area contributed by atoms with Crippen LogP contribution in [0.3, 0.4) is 0 Å². The van der Waals surface area contributed by atoms with Crippen molar-refractivity contribution in [2.45, 2.75) is 25.3 Å². The van der Waals surface area contributed by atoms with E-state index in [4.69, 9.17) is 4.98 Å². The maximum atomic E-state index is 13.0. The van der Waals surface area contributed by atoms with Crippen LogP contribution >= 0.6 is 0 Å². The molecule has 2 N–H and O–H groups in total. The van der Waals surface area contributed by atoms with Gasteiger partial charge in [-0.05, 0) is 42.7 Å². The lowest BCUT2D eigenvalue weighted by atomic mass is 10.0. The number of aromatic nitrogens is 4. The number of H-pyrrole nitrogens is 1. The van der Waals surface area contributed by atoms with Gasteiger partial charge in [-0.3, -0.25) is 14.9 Å². The lowest BCUT2D eigenvalue weighted by molar-refractivity contribution is -0.131. The van der Waals surface area contributed by atoms with Crippen molar-refractivity contribution in [1.29, 1.82) is 0 Å². The van der Waals surface area contributed by atoms with E-state index in [1.165, 1.54) is 0 Å². The number of rotatable bonds is 6. The maximum absolute atomic E-state index is 13.0. The molecule has 1 unspecified atom stereocenters. The molecule has 2 fully saturated rings. The predicted molar refractivity (Wildman–Crippen MR) is 147 cm³/mol. The first-order valence-electron chi connectivity index (χ1n) is 13.0. The molecule has 4 aromatic rings. The van der Waals surface area contributed by atoms with Crippen molar-refractivity contribution in [3.8, 4) is 11.1 Å². The van der Waals surface area contributed by atoms with Crippen molar-refractivity contribution >= 4 is 34.8 Å². The van der Waals surface area contributed by atoms with Crippen molar-refractivity contribution in [1.82, 2.24) is 30.4 Å². The molecule has 1 aromatic carbocycles. The van der Waals surface area contributed by atoms with Gasteiger partial charge in [-0.15, -0.1) is 0 Å². The average Bonchev–Trinajstić information content (AvgIpc) is 3.62. The first kappa shape index (κ1) is 23.4. The molecule has 0 aliphatic carbocycles. The fourth-order valence-corrected chi connectivity index (χ4v) is 5.38. The van der Waals surface area contributed by atoms with Gasteiger partial charge in [0.2, 0.25) is 5.91 Å². The standard InChI is InChI=1S/C29H31N7O/c37-26(18-23-9-5-13-31-23)35-14-16-36(17-15-35)28-24(22-7-2-1-3-8-22)20-32-29-27(28)25(33-34-29)11-10-21-6-4-12-30-19-21/h1-4,6-8,10-12,19-20,23,31H,5,9,13-18H2,(H,32,33,34)/b11-10+. The van der Waals surface area contributed by atoms with Gasteiger partial charge in [0.25, 0.3) is 0 Å². The number of hydrogen-bond acceptors (Lipinski definition) is 6. The van der Waals surface area contributed by atoms with Gasteiger partial charge in [0.1, 0.15) is 0 Å². The second-order valence-electron chi connectivity index (χ2n) is 9.70. The number of anilines is 1. The summed E-state index contributed by atoms with van der Waals surface area (Å²) in [6.45, 7) is 3.97. The van der Waals surface area contributed by atoms with Gasteiger partial charge in [0.15, 0.2) is 5.65 Å². The lowest BCUT2D eigenvalue weighted by Gasteiger charge is -2.37. The van der Waals surface area contributed by atoms with Crippen LogP contribution in [0.25, 0.3) is 34.3 Å². The van der Waals surface area contributed by atoms with E-state index in [0.717, 1.165) is 71.6 Å². The maximum Gasteiger partial charge on any atom is 0.224 e. The molecule has 5 heterocycles. The first-order chi connectivity index (χ1) is 18.3. The molecule has 0 bridgehead atoms. The Kier molecular flexibility index (Phi) is 6.64. The number of hydrogen-bond donors (Lipinski definition) is 2. The molecule has 2 saturated heterocycles. The molecule has 6 rings (SSSR count). The van der Waals surface area contributed by atoms with Crippen LogP contribution in [-0.4, -0.2) is 69.7 Å². The zero-order valence-electron chi connectivity index (χ0n) is 20.8. The molecule has 0 radical (unpaired) electrons. The van der Waals surface area contributed by atoms with E-state index in [1.54, 1.807) is 6.20 Å². The van der Waals surface area contributed by atoms with Crippen LogP contribution in [0.4, 0.5) is 5.69 Å². The third-order valence-corrected chi connectivity index (χ3v) is 7.32. The molecule has 188 valence electrons. The van der Waals surface area contributed by atoms with Crippen LogP contribution in [0.15, 0.2) is 61.1 Å². The second-order valence-corrected chi connectivity index (χ2v) is 9.70. The van der Waals surface area contributed by atoms with Crippen molar-refractivity contribution in [2.75, 3.05) is 37.6 Å². The van der Waals surface area contributed by atoms with Crippen molar-refractivity contribution in [3.63, 3.8) is 0 Å². The number of piperazine rings is 1. The number of carbonyl (C=O) groups is 1. The zero-order valence-corrected chi connectivity index (χ0v) is 20.8. The highest BCUT2D eigenvalue weighted by molar-refractivity contribution is 6.03. The Morgan fingerprint density at radius 1 is 1.03 bits per heavy atom. The van der Waals surface area contributed by atoms with E-state index in [1.807, 2.05) is 47.6 Å². The molecule has 8 nitrogen and oxygen atoms in total. The number of fused-ring (bicyclic) bond motifs is 1. The van der Waals surface area contributed by atoms with E-state index in [-0.39, 0.29) is 5.91 Å². The van der Waals surface area contributed by atoms with E-state index in [2.05, 4.69) is 49.7 Å². The number of benzene rings is 1. The highest BCUT2D eigenvalue weighted by Crippen LogP contribution is 2.38. The highest BCUT2D eigenvalue weighted by atomic mass is 16.2. The number of aromatic amines is 1. The summed E-state index contributed by atoms with van der Waals surface area (Å²) in [7, 11) is 0. The number of pyridine rings is 2. The average molecular weight is 494 g/mol. The number of nitrogens with one attached hydrogen (secondary N) is 2. The SMILES string of the molecule is O=C(CC1CCCN1)N1CCN(c2c(-c3ccccc3)cnc3[nH]nc(/C=C/c4cccnc4)c23)CC1. The monoisotopic (exact) mass is 493 g/mol. The van der Waals surface area contributed by atoms with Gasteiger partial charge in [-0.25, -0.2) is 4.98 Å². The smallest absolute Gasteiger partial charge is 0.224 e. The van der Waals surface area contributed by atoms with Crippen LogP contribution < -0.4 is 10.2 Å². The topological polar surface area (TPSA) is 90.0 Å². The molecule has 2 aliphatic rings. The number of nitrogens with zero attached hydrogens (tertiary/aromatic N) is 5. The van der Waals surface area contributed by atoms with Crippen LogP contribution in [0.2, 0.25) is 0 Å². The Bertz CT molecular complexity index is 1390. The first-order valence-corrected chi connectivity index (χ1v) is 13.0. The van der Waals surface area contributed by atoms with Crippen LogP contribution in [0, 0.1) is 0 Å². The molecule has 37 heavy (non-hydrogen) atoms. The molecular weight excluding hydrogens is 462 g/mol. The molecule has 1 amide bonds. The summed E-state index contributed by atoms with van der Waals surface area (Å²) >= 11 is 0. The van der Waals surface area contributed by atoms with Crippen molar-refractivity contribution in [3.05, 3.63) is 72.3 Å². The summed E-state index contributed by atoms with van der Waals surface area (Å²) in [5.74, 6) is 0.255. The summed E-state index contributed by atoms with van der Waals surface area (Å²) in [6.07, 6.45) is 12.4. The quantitative estimate of drug-likeness (QED) is 0.422. The Hall–Kier alpha value is -4.04. The summed E-state index contributed by atoms with van der Waals surface area (Å²) in [4.78, 5) is 26.3. The van der Waals surface area contributed by atoms with E-state index >= 15 is 0 Å². The molecule has 0 saturated carbocycles. The minimum absolute atomic E-state index is 0.255. The van der Waals surface area contributed by atoms with Gasteiger partial charge >= 0.3 is 0 Å². The Morgan fingerprint density at radius 3 is 2.65 bits per heavy atom. The zero-order chi connectivity index (χ0) is 25.0. The van der Waals surface area contributed by atoms with E-state index in [9.17, 15) is 4.79 Å². The number of amides is 1. The molecular formula is C29H31N7O. The van der Waals surface area contributed by atoms with E-state index in [0.29, 0.717) is 25.6 Å². The minimum Gasteiger partial charge on any atom is -0.367 e. The third kappa shape index (κ3) is 4.97. The third-order valence-electron chi connectivity index (χ3n) is 7.32. The minimum atomic E-state index is 0.255. The summed E-state index contributed by atoms with van der Waals surface area (Å²) in [6, 6.07) is 14.6.